The lowest BCUT2D eigenvalue weighted by atomic mass is 10.1. The van der Waals surface area contributed by atoms with Crippen molar-refractivity contribution in [2.45, 2.75) is 0 Å². The highest BCUT2D eigenvalue weighted by Gasteiger charge is 2.10. The third kappa shape index (κ3) is 4.01. The van der Waals surface area contributed by atoms with Gasteiger partial charge in [0.2, 0.25) is 0 Å². The molecule has 0 aliphatic rings. The quantitative estimate of drug-likeness (QED) is 0.501. The van der Waals surface area contributed by atoms with Gasteiger partial charge in [-0.15, -0.1) is 0 Å². The zero-order valence-electron chi connectivity index (χ0n) is 11.2. The minimum absolute atomic E-state index is 0.0773. The van der Waals surface area contributed by atoms with Crippen molar-refractivity contribution >= 4 is 40.9 Å². The van der Waals surface area contributed by atoms with Crippen molar-refractivity contribution in [1.29, 1.82) is 5.26 Å². The van der Waals surface area contributed by atoms with Gasteiger partial charge in [-0.1, -0.05) is 29.3 Å². The van der Waals surface area contributed by atoms with E-state index in [0.29, 0.717) is 21.3 Å². The maximum absolute atomic E-state index is 12.1. The van der Waals surface area contributed by atoms with Crippen LogP contribution in [0.4, 0.5) is 5.69 Å². The Labute approximate surface area is 137 Å². The Hall–Kier alpha value is -2.48. The maximum Gasteiger partial charge on any atom is 0.266 e. The van der Waals surface area contributed by atoms with Crippen LogP contribution in [0.1, 0.15) is 5.56 Å². The Morgan fingerprint density at radius 1 is 1.14 bits per heavy atom. The van der Waals surface area contributed by atoms with Crippen molar-refractivity contribution in [2.75, 3.05) is 5.32 Å². The number of anilines is 1. The first kappa shape index (κ1) is 15.9. The Morgan fingerprint density at radius 3 is 2.41 bits per heavy atom. The van der Waals surface area contributed by atoms with Crippen molar-refractivity contribution in [3.8, 4) is 11.8 Å². The second-order valence-electron chi connectivity index (χ2n) is 4.34. The third-order valence-corrected chi connectivity index (χ3v) is 3.48. The first-order chi connectivity index (χ1) is 10.5. The summed E-state index contributed by atoms with van der Waals surface area (Å²) >= 11 is 11.7. The van der Waals surface area contributed by atoms with E-state index in [4.69, 9.17) is 28.5 Å². The smallest absolute Gasteiger partial charge is 0.266 e. The summed E-state index contributed by atoms with van der Waals surface area (Å²) in [6, 6.07) is 12.6. The SMILES string of the molecule is N#C/C(=C\c1ccc(Cl)c(Cl)c1)C(=O)Nc1ccc(O)cc1. The molecule has 0 fully saturated rings. The van der Waals surface area contributed by atoms with E-state index in [0.717, 1.165) is 0 Å². The zero-order valence-corrected chi connectivity index (χ0v) is 12.7. The van der Waals surface area contributed by atoms with E-state index in [1.807, 2.05) is 6.07 Å². The standard InChI is InChI=1S/C16H10Cl2N2O2/c17-14-6-1-10(8-15(14)18)7-11(9-19)16(22)20-12-2-4-13(21)5-3-12/h1-8,21H,(H,20,22)/b11-7+. The van der Waals surface area contributed by atoms with Crippen LogP contribution < -0.4 is 5.32 Å². The third-order valence-electron chi connectivity index (χ3n) is 2.74. The number of nitriles is 1. The molecule has 2 aromatic rings. The van der Waals surface area contributed by atoms with Gasteiger partial charge in [-0.25, -0.2) is 0 Å². The monoisotopic (exact) mass is 332 g/mol. The lowest BCUT2D eigenvalue weighted by Gasteiger charge is -2.04. The summed E-state index contributed by atoms with van der Waals surface area (Å²) in [6.07, 6.45) is 1.41. The van der Waals surface area contributed by atoms with Gasteiger partial charge >= 0.3 is 0 Å². The second kappa shape index (κ2) is 6.99. The number of carbonyl (C=O) groups excluding carboxylic acids is 1. The molecule has 2 aromatic carbocycles. The molecular weight excluding hydrogens is 323 g/mol. The number of hydrogen-bond acceptors (Lipinski definition) is 3. The van der Waals surface area contributed by atoms with Crippen molar-refractivity contribution in [3.05, 3.63) is 63.6 Å². The summed E-state index contributed by atoms with van der Waals surface area (Å²) in [7, 11) is 0. The van der Waals surface area contributed by atoms with Crippen LogP contribution in [0.2, 0.25) is 10.0 Å². The highest BCUT2D eigenvalue weighted by atomic mass is 35.5. The Morgan fingerprint density at radius 2 is 1.82 bits per heavy atom. The highest BCUT2D eigenvalue weighted by Crippen LogP contribution is 2.24. The molecule has 0 saturated carbocycles. The van der Waals surface area contributed by atoms with Crippen LogP contribution in [0.5, 0.6) is 5.75 Å². The summed E-state index contributed by atoms with van der Waals surface area (Å²) in [5, 5.41) is 21.6. The summed E-state index contributed by atoms with van der Waals surface area (Å²) < 4.78 is 0. The van der Waals surface area contributed by atoms with Crippen LogP contribution in [-0.4, -0.2) is 11.0 Å². The number of carbonyl (C=O) groups is 1. The summed E-state index contributed by atoms with van der Waals surface area (Å²) in [5.74, 6) is -0.468. The minimum atomic E-state index is -0.556. The molecule has 0 aromatic heterocycles. The molecule has 0 bridgehead atoms. The Bertz CT molecular complexity index is 778. The van der Waals surface area contributed by atoms with Gasteiger partial charge in [0.15, 0.2) is 0 Å². The van der Waals surface area contributed by atoms with E-state index in [9.17, 15) is 9.90 Å². The molecule has 110 valence electrons. The zero-order chi connectivity index (χ0) is 16.1. The van der Waals surface area contributed by atoms with Gasteiger partial charge < -0.3 is 10.4 Å². The van der Waals surface area contributed by atoms with Crippen LogP contribution in [-0.2, 0) is 4.79 Å². The van der Waals surface area contributed by atoms with Gasteiger partial charge in [0.25, 0.3) is 5.91 Å². The average molecular weight is 333 g/mol. The maximum atomic E-state index is 12.1. The number of hydrogen-bond donors (Lipinski definition) is 2. The normalized spacial score (nSPS) is 10.9. The van der Waals surface area contributed by atoms with Gasteiger partial charge in [0.1, 0.15) is 17.4 Å². The number of nitrogens with zero attached hydrogens (tertiary/aromatic N) is 1. The van der Waals surface area contributed by atoms with E-state index in [1.165, 1.54) is 30.3 Å². The molecule has 2 N–H and O–H groups in total. The predicted octanol–water partition coefficient (Wildman–Crippen LogP) is 4.24. The van der Waals surface area contributed by atoms with Crippen LogP contribution in [0.15, 0.2) is 48.0 Å². The van der Waals surface area contributed by atoms with Gasteiger partial charge in [0, 0.05) is 5.69 Å². The van der Waals surface area contributed by atoms with Crippen LogP contribution >= 0.6 is 23.2 Å². The lowest BCUT2D eigenvalue weighted by molar-refractivity contribution is -0.112. The van der Waals surface area contributed by atoms with E-state index in [1.54, 1.807) is 18.2 Å². The summed E-state index contributed by atoms with van der Waals surface area (Å²) in [5.41, 5.74) is 0.983. The van der Waals surface area contributed by atoms with E-state index in [2.05, 4.69) is 5.32 Å². The number of aromatic hydroxyl groups is 1. The Balaban J connectivity index is 2.21. The number of phenolic OH excluding ortho intramolecular Hbond substituents is 1. The molecule has 0 aliphatic heterocycles. The van der Waals surface area contributed by atoms with Crippen molar-refractivity contribution in [3.63, 3.8) is 0 Å². The fraction of sp³-hybridized carbons (Fsp3) is 0. The molecular formula is C16H10Cl2N2O2. The molecule has 1 amide bonds. The molecule has 0 spiro atoms. The fourth-order valence-electron chi connectivity index (χ4n) is 1.66. The minimum Gasteiger partial charge on any atom is -0.508 e. The van der Waals surface area contributed by atoms with E-state index < -0.39 is 5.91 Å². The number of amides is 1. The van der Waals surface area contributed by atoms with E-state index in [-0.39, 0.29) is 11.3 Å². The largest absolute Gasteiger partial charge is 0.508 e. The number of rotatable bonds is 3. The molecule has 0 aliphatic carbocycles. The first-order valence-corrected chi connectivity index (χ1v) is 6.92. The highest BCUT2D eigenvalue weighted by molar-refractivity contribution is 6.42. The summed E-state index contributed by atoms with van der Waals surface area (Å²) in [4.78, 5) is 12.1. The molecule has 2 rings (SSSR count). The topological polar surface area (TPSA) is 73.1 Å². The van der Waals surface area contributed by atoms with Gasteiger partial charge in [-0.3, -0.25) is 4.79 Å². The molecule has 4 nitrogen and oxygen atoms in total. The lowest BCUT2D eigenvalue weighted by Crippen LogP contribution is -2.13. The van der Waals surface area contributed by atoms with Crippen molar-refractivity contribution < 1.29 is 9.90 Å². The summed E-state index contributed by atoms with van der Waals surface area (Å²) in [6.45, 7) is 0. The number of phenols is 1. The molecule has 0 heterocycles. The van der Waals surface area contributed by atoms with E-state index >= 15 is 0 Å². The van der Waals surface area contributed by atoms with Gasteiger partial charge in [-0.2, -0.15) is 5.26 Å². The Kier molecular flexibility index (Phi) is 5.05. The molecule has 6 heteroatoms. The molecule has 22 heavy (non-hydrogen) atoms. The predicted molar refractivity (Wildman–Crippen MR) is 86.8 cm³/mol. The number of benzene rings is 2. The van der Waals surface area contributed by atoms with Crippen LogP contribution in [0.25, 0.3) is 6.08 Å². The second-order valence-corrected chi connectivity index (χ2v) is 5.16. The van der Waals surface area contributed by atoms with Gasteiger partial charge in [0.05, 0.1) is 10.0 Å². The van der Waals surface area contributed by atoms with Crippen LogP contribution in [0.3, 0.4) is 0 Å². The number of halogens is 2. The molecule has 0 saturated heterocycles. The van der Waals surface area contributed by atoms with Crippen molar-refractivity contribution in [2.24, 2.45) is 0 Å². The van der Waals surface area contributed by atoms with Gasteiger partial charge in [-0.05, 0) is 48.0 Å². The average Bonchev–Trinajstić information content (AvgIpc) is 2.50. The molecule has 0 unspecified atom stereocenters. The van der Waals surface area contributed by atoms with Crippen molar-refractivity contribution in [1.82, 2.24) is 0 Å². The molecule has 0 atom stereocenters. The molecule has 0 radical (unpaired) electrons. The fourth-order valence-corrected chi connectivity index (χ4v) is 1.97. The van der Waals surface area contributed by atoms with Crippen LogP contribution in [0, 0.1) is 11.3 Å². The number of nitrogens with one attached hydrogen (secondary N) is 1. The first-order valence-electron chi connectivity index (χ1n) is 6.17.